The van der Waals surface area contributed by atoms with Gasteiger partial charge in [-0.15, -0.1) is 0 Å². The van der Waals surface area contributed by atoms with Gasteiger partial charge in [-0.05, 0) is 50.6 Å². The summed E-state index contributed by atoms with van der Waals surface area (Å²) in [6.45, 7) is 5.05. The first-order valence-corrected chi connectivity index (χ1v) is 9.93. The molecule has 1 saturated heterocycles. The Labute approximate surface area is 169 Å². The predicted octanol–water partition coefficient (Wildman–Crippen LogP) is 4.45. The number of fused-ring (bicyclic) bond motifs is 1. The molecule has 0 saturated carbocycles. The van der Waals surface area contributed by atoms with Gasteiger partial charge in [0, 0.05) is 29.6 Å². The topological polar surface area (TPSA) is 71.8 Å². The number of nitrogens with zero attached hydrogens (tertiary/aromatic N) is 1. The number of ether oxygens (including phenoxy) is 1. The van der Waals surface area contributed by atoms with Crippen LogP contribution < -0.4 is 15.0 Å². The lowest BCUT2D eigenvalue weighted by atomic mass is 10.1. The quantitative estimate of drug-likeness (QED) is 0.673. The van der Waals surface area contributed by atoms with Crippen molar-refractivity contribution in [3.05, 3.63) is 59.9 Å². The summed E-state index contributed by atoms with van der Waals surface area (Å²) in [6.07, 6.45) is 1.41. The maximum Gasteiger partial charge on any atom is 0.251 e. The van der Waals surface area contributed by atoms with Gasteiger partial charge in [0.15, 0.2) is 11.3 Å². The highest BCUT2D eigenvalue weighted by Crippen LogP contribution is 2.31. The molecular weight excluding hydrogens is 368 g/mol. The van der Waals surface area contributed by atoms with E-state index < -0.39 is 0 Å². The Bertz CT molecular complexity index is 1060. The van der Waals surface area contributed by atoms with E-state index >= 15 is 0 Å². The molecule has 6 nitrogen and oxygen atoms in total. The minimum Gasteiger partial charge on any atom is -0.490 e. The van der Waals surface area contributed by atoms with Crippen molar-refractivity contribution in [1.29, 1.82) is 0 Å². The molecule has 2 aromatic carbocycles. The van der Waals surface area contributed by atoms with Crippen LogP contribution in [-0.2, 0) is 4.79 Å². The zero-order valence-corrected chi connectivity index (χ0v) is 16.6. The number of benzene rings is 2. The first kappa shape index (κ1) is 19.1. The van der Waals surface area contributed by atoms with E-state index in [0.29, 0.717) is 42.2 Å². The summed E-state index contributed by atoms with van der Waals surface area (Å²) in [4.78, 5) is 26.5. The third-order valence-electron chi connectivity index (χ3n) is 5.09. The molecule has 2 heterocycles. The van der Waals surface area contributed by atoms with Crippen molar-refractivity contribution in [2.24, 2.45) is 0 Å². The number of amides is 2. The van der Waals surface area contributed by atoms with Gasteiger partial charge in [0.2, 0.25) is 5.91 Å². The zero-order chi connectivity index (χ0) is 20.4. The number of nitrogens with one attached hydrogen (secondary N) is 1. The summed E-state index contributed by atoms with van der Waals surface area (Å²) < 4.78 is 11.6. The van der Waals surface area contributed by atoms with Crippen LogP contribution in [0.1, 0.15) is 48.8 Å². The highest BCUT2D eigenvalue weighted by Gasteiger charge is 2.23. The number of anilines is 1. The summed E-state index contributed by atoms with van der Waals surface area (Å²) >= 11 is 0. The number of carbonyl (C=O) groups excluding carboxylic acids is 2. The molecule has 1 N–H and O–H groups in total. The lowest BCUT2D eigenvalue weighted by Gasteiger charge is -2.17. The fraction of sp³-hybridized carbons (Fsp3) is 0.304. The highest BCUT2D eigenvalue weighted by atomic mass is 16.5. The number of rotatable bonds is 6. The molecule has 4 rings (SSSR count). The van der Waals surface area contributed by atoms with Crippen molar-refractivity contribution in [3.8, 4) is 5.75 Å². The molecule has 1 aliphatic heterocycles. The van der Waals surface area contributed by atoms with Crippen LogP contribution in [0.15, 0.2) is 52.9 Å². The second-order valence-electron chi connectivity index (χ2n) is 7.15. The second-order valence-corrected chi connectivity index (χ2v) is 7.15. The summed E-state index contributed by atoms with van der Waals surface area (Å²) in [7, 11) is 0. The molecule has 0 radical (unpaired) electrons. The third-order valence-corrected chi connectivity index (χ3v) is 5.09. The van der Waals surface area contributed by atoms with Crippen molar-refractivity contribution < 1.29 is 18.7 Å². The van der Waals surface area contributed by atoms with Crippen LogP contribution in [0.25, 0.3) is 11.0 Å². The van der Waals surface area contributed by atoms with Crippen molar-refractivity contribution in [2.75, 3.05) is 18.1 Å². The van der Waals surface area contributed by atoms with Gasteiger partial charge < -0.3 is 19.4 Å². The molecule has 6 heteroatoms. The van der Waals surface area contributed by atoms with Crippen molar-refractivity contribution in [2.45, 2.75) is 32.7 Å². The minimum atomic E-state index is -0.318. The van der Waals surface area contributed by atoms with Crippen molar-refractivity contribution in [1.82, 2.24) is 5.32 Å². The highest BCUT2D eigenvalue weighted by molar-refractivity contribution is 5.99. The Morgan fingerprint density at radius 2 is 2.07 bits per heavy atom. The van der Waals surface area contributed by atoms with Crippen LogP contribution in [-0.4, -0.2) is 25.0 Å². The molecule has 0 spiro atoms. The Morgan fingerprint density at radius 1 is 1.24 bits per heavy atom. The summed E-state index contributed by atoms with van der Waals surface area (Å²) in [5.41, 5.74) is 1.96. The van der Waals surface area contributed by atoms with E-state index in [-0.39, 0.29) is 17.9 Å². The molecule has 1 fully saturated rings. The third kappa shape index (κ3) is 3.83. The largest absolute Gasteiger partial charge is 0.490 e. The lowest BCUT2D eigenvalue weighted by Crippen LogP contribution is -2.27. The summed E-state index contributed by atoms with van der Waals surface area (Å²) in [5.74, 6) is 1.24. The van der Waals surface area contributed by atoms with Gasteiger partial charge in [0.05, 0.1) is 12.6 Å². The van der Waals surface area contributed by atoms with Crippen molar-refractivity contribution in [3.63, 3.8) is 0 Å². The fourth-order valence-electron chi connectivity index (χ4n) is 3.63. The van der Waals surface area contributed by atoms with Crippen LogP contribution in [0, 0.1) is 0 Å². The monoisotopic (exact) mass is 392 g/mol. The molecule has 2 amide bonds. The average Bonchev–Trinajstić information content (AvgIpc) is 3.35. The van der Waals surface area contributed by atoms with Gasteiger partial charge >= 0.3 is 0 Å². The van der Waals surface area contributed by atoms with Gasteiger partial charge in [0.25, 0.3) is 5.91 Å². The Morgan fingerprint density at radius 3 is 2.83 bits per heavy atom. The number of furan rings is 1. The SMILES string of the molecule is CCOc1cccc2cc([C@H](C)NC(=O)c3cccc(N4CCCC4=O)c3)oc12. The molecule has 150 valence electrons. The molecule has 1 atom stereocenters. The molecule has 0 unspecified atom stereocenters. The van der Waals surface area contributed by atoms with Crippen LogP contribution in [0.5, 0.6) is 5.75 Å². The van der Waals surface area contributed by atoms with E-state index in [0.717, 1.165) is 17.5 Å². The maximum atomic E-state index is 12.8. The van der Waals surface area contributed by atoms with Crippen LogP contribution in [0.2, 0.25) is 0 Å². The number of hydrogen-bond donors (Lipinski definition) is 1. The van der Waals surface area contributed by atoms with E-state index in [4.69, 9.17) is 9.15 Å². The van der Waals surface area contributed by atoms with Gasteiger partial charge in [-0.1, -0.05) is 18.2 Å². The van der Waals surface area contributed by atoms with E-state index in [9.17, 15) is 9.59 Å². The molecule has 1 aromatic heterocycles. The first-order valence-electron chi connectivity index (χ1n) is 9.93. The molecule has 0 bridgehead atoms. The van der Waals surface area contributed by atoms with Gasteiger partial charge in [0.1, 0.15) is 5.76 Å². The molecule has 0 aliphatic carbocycles. The van der Waals surface area contributed by atoms with Gasteiger partial charge in [-0.25, -0.2) is 0 Å². The molecule has 29 heavy (non-hydrogen) atoms. The Balaban J connectivity index is 1.52. The smallest absolute Gasteiger partial charge is 0.251 e. The average molecular weight is 392 g/mol. The van der Waals surface area contributed by atoms with E-state index in [1.54, 1.807) is 23.1 Å². The van der Waals surface area contributed by atoms with Gasteiger partial charge in [-0.2, -0.15) is 0 Å². The standard InChI is InChI=1S/C23H24N2O4/c1-3-28-19-10-5-7-16-14-20(29-22(16)19)15(2)24-23(27)17-8-4-9-18(13-17)25-12-6-11-21(25)26/h4-5,7-10,13-15H,3,6,11-12H2,1-2H3,(H,24,27)/t15-/m0/s1. The van der Waals surface area contributed by atoms with Crippen LogP contribution in [0.4, 0.5) is 5.69 Å². The maximum absolute atomic E-state index is 12.8. The predicted molar refractivity (Wildman–Crippen MR) is 111 cm³/mol. The van der Waals surface area contributed by atoms with E-state index in [1.165, 1.54) is 0 Å². The minimum absolute atomic E-state index is 0.100. The Hall–Kier alpha value is -3.28. The van der Waals surface area contributed by atoms with Crippen LogP contribution >= 0.6 is 0 Å². The number of hydrogen-bond acceptors (Lipinski definition) is 4. The molecule has 3 aromatic rings. The van der Waals surface area contributed by atoms with Crippen molar-refractivity contribution >= 4 is 28.5 Å². The summed E-state index contributed by atoms with van der Waals surface area (Å²) in [6, 6.07) is 14.5. The molecular formula is C23H24N2O4. The van der Waals surface area contributed by atoms with Crippen LogP contribution in [0.3, 0.4) is 0 Å². The van der Waals surface area contributed by atoms with Gasteiger partial charge in [-0.3, -0.25) is 9.59 Å². The Kier molecular flexibility index (Phi) is 5.25. The molecule has 1 aliphatic rings. The number of carbonyl (C=O) groups is 2. The summed E-state index contributed by atoms with van der Waals surface area (Å²) in [5, 5.41) is 3.91. The first-order chi connectivity index (χ1) is 14.1. The zero-order valence-electron chi connectivity index (χ0n) is 16.6. The van der Waals surface area contributed by atoms with E-state index in [1.807, 2.05) is 44.2 Å². The second kappa shape index (κ2) is 7.99. The fourth-order valence-corrected chi connectivity index (χ4v) is 3.63. The lowest BCUT2D eigenvalue weighted by molar-refractivity contribution is -0.117. The van der Waals surface area contributed by atoms with E-state index in [2.05, 4.69) is 5.32 Å². The normalized spacial score (nSPS) is 15.0. The number of para-hydroxylation sites is 1.